The fraction of sp³-hybridized carbons (Fsp3) is 0.350. The van der Waals surface area contributed by atoms with Gasteiger partial charge in [0.1, 0.15) is 0 Å². The van der Waals surface area contributed by atoms with Crippen molar-refractivity contribution < 1.29 is 13.2 Å². The van der Waals surface area contributed by atoms with Crippen LogP contribution in [0, 0.1) is 11.8 Å². The summed E-state index contributed by atoms with van der Waals surface area (Å²) in [5, 5.41) is 6.31. The number of rotatable bonds is 6. The first-order chi connectivity index (χ1) is 12.4. The van der Waals surface area contributed by atoms with E-state index in [-0.39, 0.29) is 22.8 Å². The molecule has 2 aromatic rings. The SMILES string of the molecule is CC(C(=O)NC(c1ccccc1)c1cccc(S(C)(=O)=O)c1)C1CNC1. The minimum absolute atomic E-state index is 0.0184. The molecule has 26 heavy (non-hydrogen) atoms. The van der Waals surface area contributed by atoms with E-state index in [0.717, 1.165) is 24.2 Å². The van der Waals surface area contributed by atoms with E-state index < -0.39 is 9.84 Å². The molecule has 0 bridgehead atoms. The number of carbonyl (C=O) groups is 1. The Bertz CT molecular complexity index is 877. The molecule has 2 aromatic carbocycles. The van der Waals surface area contributed by atoms with Crippen molar-refractivity contribution in [2.24, 2.45) is 11.8 Å². The lowest BCUT2D eigenvalue weighted by molar-refractivity contribution is -0.127. The first-order valence-electron chi connectivity index (χ1n) is 8.72. The Morgan fingerprint density at radius 3 is 2.31 bits per heavy atom. The number of benzene rings is 2. The summed E-state index contributed by atoms with van der Waals surface area (Å²) >= 11 is 0. The van der Waals surface area contributed by atoms with E-state index >= 15 is 0 Å². The molecule has 3 rings (SSSR count). The van der Waals surface area contributed by atoms with Crippen LogP contribution in [0.3, 0.4) is 0 Å². The summed E-state index contributed by atoms with van der Waals surface area (Å²) in [4.78, 5) is 13.0. The Morgan fingerprint density at radius 2 is 1.73 bits per heavy atom. The molecule has 1 fully saturated rings. The van der Waals surface area contributed by atoms with Crippen molar-refractivity contribution in [2.45, 2.75) is 17.9 Å². The maximum Gasteiger partial charge on any atom is 0.223 e. The number of hydrogen-bond acceptors (Lipinski definition) is 4. The zero-order valence-corrected chi connectivity index (χ0v) is 15.8. The standard InChI is InChI=1S/C20H24N2O3S/c1-14(17-12-21-13-17)20(23)22-19(15-7-4-3-5-8-15)16-9-6-10-18(11-16)26(2,24)25/h3-11,14,17,19,21H,12-13H2,1-2H3,(H,22,23). The Morgan fingerprint density at radius 1 is 1.08 bits per heavy atom. The van der Waals surface area contributed by atoms with Gasteiger partial charge in [0.2, 0.25) is 5.91 Å². The highest BCUT2D eigenvalue weighted by atomic mass is 32.2. The van der Waals surface area contributed by atoms with Gasteiger partial charge in [0.05, 0.1) is 10.9 Å². The van der Waals surface area contributed by atoms with Crippen molar-refractivity contribution >= 4 is 15.7 Å². The third-order valence-electron chi connectivity index (χ3n) is 4.97. The first kappa shape index (κ1) is 18.6. The number of nitrogens with one attached hydrogen (secondary N) is 2. The van der Waals surface area contributed by atoms with Gasteiger partial charge < -0.3 is 10.6 Å². The molecule has 2 atom stereocenters. The van der Waals surface area contributed by atoms with Gasteiger partial charge in [-0.3, -0.25) is 4.79 Å². The van der Waals surface area contributed by atoms with Crippen LogP contribution in [0.25, 0.3) is 0 Å². The van der Waals surface area contributed by atoms with Crippen LogP contribution in [0.15, 0.2) is 59.5 Å². The van der Waals surface area contributed by atoms with E-state index in [1.807, 2.05) is 43.3 Å². The maximum absolute atomic E-state index is 12.8. The van der Waals surface area contributed by atoms with Crippen molar-refractivity contribution in [2.75, 3.05) is 19.3 Å². The van der Waals surface area contributed by atoms with E-state index in [0.29, 0.717) is 5.92 Å². The van der Waals surface area contributed by atoms with E-state index in [9.17, 15) is 13.2 Å². The molecule has 1 aliphatic rings. The fourth-order valence-electron chi connectivity index (χ4n) is 3.08. The second kappa shape index (κ2) is 7.60. The van der Waals surface area contributed by atoms with E-state index in [1.165, 1.54) is 6.26 Å². The molecule has 138 valence electrons. The normalized spacial score (nSPS) is 17.2. The molecule has 5 nitrogen and oxygen atoms in total. The van der Waals surface area contributed by atoms with Crippen LogP contribution in [0.1, 0.15) is 24.1 Å². The second-order valence-corrected chi connectivity index (χ2v) is 8.92. The molecular weight excluding hydrogens is 348 g/mol. The topological polar surface area (TPSA) is 75.3 Å². The summed E-state index contributed by atoms with van der Waals surface area (Å²) in [6.07, 6.45) is 1.19. The van der Waals surface area contributed by atoms with E-state index in [4.69, 9.17) is 0 Å². The first-order valence-corrected chi connectivity index (χ1v) is 10.6. The molecule has 0 saturated carbocycles. The smallest absolute Gasteiger partial charge is 0.223 e. The number of sulfone groups is 1. The molecule has 1 amide bonds. The highest BCUT2D eigenvalue weighted by molar-refractivity contribution is 7.90. The quantitative estimate of drug-likeness (QED) is 0.815. The molecule has 1 saturated heterocycles. The molecule has 0 aromatic heterocycles. The summed E-state index contributed by atoms with van der Waals surface area (Å²) in [5.41, 5.74) is 1.68. The Labute approximate surface area is 154 Å². The van der Waals surface area contributed by atoms with Crippen molar-refractivity contribution in [3.05, 3.63) is 65.7 Å². The minimum Gasteiger partial charge on any atom is -0.345 e. The summed E-state index contributed by atoms with van der Waals surface area (Å²) in [6.45, 7) is 3.65. The van der Waals surface area contributed by atoms with E-state index in [2.05, 4.69) is 10.6 Å². The predicted molar refractivity (Wildman–Crippen MR) is 102 cm³/mol. The largest absolute Gasteiger partial charge is 0.345 e. The van der Waals surface area contributed by atoms with Gasteiger partial charge in [0, 0.05) is 12.2 Å². The summed E-state index contributed by atoms with van der Waals surface area (Å²) < 4.78 is 23.8. The van der Waals surface area contributed by atoms with Crippen LogP contribution in [0.2, 0.25) is 0 Å². The molecule has 2 unspecified atom stereocenters. The highest BCUT2D eigenvalue weighted by Gasteiger charge is 2.30. The molecule has 0 aliphatic carbocycles. The van der Waals surface area contributed by atoms with Gasteiger partial charge in [0.15, 0.2) is 9.84 Å². The van der Waals surface area contributed by atoms with Gasteiger partial charge in [-0.15, -0.1) is 0 Å². The maximum atomic E-state index is 12.8. The average Bonchev–Trinajstić information content (AvgIpc) is 2.58. The summed E-state index contributed by atoms with van der Waals surface area (Å²) in [6, 6.07) is 16.0. The van der Waals surface area contributed by atoms with Crippen molar-refractivity contribution in [1.82, 2.24) is 10.6 Å². The Hall–Kier alpha value is -2.18. The minimum atomic E-state index is -3.32. The van der Waals surface area contributed by atoms with Crippen LogP contribution < -0.4 is 10.6 Å². The highest BCUT2D eigenvalue weighted by Crippen LogP contribution is 2.26. The third kappa shape index (κ3) is 4.14. The number of hydrogen-bond donors (Lipinski definition) is 2. The molecule has 0 spiro atoms. The Kier molecular flexibility index (Phi) is 5.44. The zero-order valence-electron chi connectivity index (χ0n) is 15.0. The molecular formula is C20H24N2O3S. The Balaban J connectivity index is 1.93. The predicted octanol–water partition coefficient (Wildman–Crippen LogP) is 2.15. The fourth-order valence-corrected chi connectivity index (χ4v) is 3.76. The molecule has 6 heteroatoms. The monoisotopic (exact) mass is 372 g/mol. The van der Waals surface area contributed by atoms with Crippen LogP contribution in [0.5, 0.6) is 0 Å². The van der Waals surface area contributed by atoms with Crippen molar-refractivity contribution in [1.29, 1.82) is 0 Å². The second-order valence-electron chi connectivity index (χ2n) is 6.90. The number of amides is 1. The van der Waals surface area contributed by atoms with Gasteiger partial charge in [-0.2, -0.15) is 0 Å². The average molecular weight is 372 g/mol. The molecule has 1 heterocycles. The van der Waals surface area contributed by atoms with Crippen LogP contribution in [-0.2, 0) is 14.6 Å². The van der Waals surface area contributed by atoms with Gasteiger partial charge in [-0.25, -0.2) is 8.42 Å². The van der Waals surface area contributed by atoms with Crippen molar-refractivity contribution in [3.63, 3.8) is 0 Å². The lowest BCUT2D eigenvalue weighted by atomic mass is 9.87. The van der Waals surface area contributed by atoms with Gasteiger partial charge in [-0.1, -0.05) is 49.4 Å². The third-order valence-corrected chi connectivity index (χ3v) is 6.08. The van der Waals surface area contributed by atoms with Gasteiger partial charge in [0.25, 0.3) is 0 Å². The number of carbonyl (C=O) groups excluding carboxylic acids is 1. The van der Waals surface area contributed by atoms with Gasteiger partial charge >= 0.3 is 0 Å². The molecule has 0 radical (unpaired) electrons. The summed E-state index contributed by atoms with van der Waals surface area (Å²) in [7, 11) is -3.32. The molecule has 2 N–H and O–H groups in total. The van der Waals surface area contributed by atoms with Gasteiger partial charge in [-0.05, 0) is 42.3 Å². The van der Waals surface area contributed by atoms with Crippen LogP contribution in [-0.4, -0.2) is 33.7 Å². The molecule has 1 aliphatic heterocycles. The zero-order chi connectivity index (χ0) is 18.7. The summed E-state index contributed by atoms with van der Waals surface area (Å²) in [5.74, 6) is 0.226. The lowest BCUT2D eigenvalue weighted by Crippen LogP contribution is -2.50. The van der Waals surface area contributed by atoms with Crippen LogP contribution in [0.4, 0.5) is 0 Å². The lowest BCUT2D eigenvalue weighted by Gasteiger charge is -2.33. The van der Waals surface area contributed by atoms with E-state index in [1.54, 1.807) is 18.2 Å². The van der Waals surface area contributed by atoms with Crippen LogP contribution >= 0.6 is 0 Å². The van der Waals surface area contributed by atoms with Crippen molar-refractivity contribution in [3.8, 4) is 0 Å².